The summed E-state index contributed by atoms with van der Waals surface area (Å²) < 4.78 is 6.90. The van der Waals surface area contributed by atoms with Crippen LogP contribution in [0.4, 0.5) is 5.69 Å². The molecule has 8 heteroatoms. The van der Waals surface area contributed by atoms with E-state index >= 15 is 0 Å². The van der Waals surface area contributed by atoms with Gasteiger partial charge in [0, 0.05) is 13.7 Å². The molecule has 5 nitrogen and oxygen atoms in total. The summed E-state index contributed by atoms with van der Waals surface area (Å²) in [6.07, 6.45) is 0. The van der Waals surface area contributed by atoms with E-state index in [9.17, 15) is 0 Å². The van der Waals surface area contributed by atoms with Gasteiger partial charge >= 0.3 is 0 Å². The minimum atomic E-state index is 0.539. The third-order valence-corrected chi connectivity index (χ3v) is 4.51. The molecule has 0 aliphatic carbocycles. The number of rotatable bonds is 6. The zero-order valence-corrected chi connectivity index (χ0v) is 16.1. The van der Waals surface area contributed by atoms with Gasteiger partial charge in [0.05, 0.1) is 40.3 Å². The molecule has 2 rings (SSSR count). The number of benzene rings is 1. The van der Waals surface area contributed by atoms with Crippen LogP contribution in [0.25, 0.3) is 0 Å². The molecule has 130 valence electrons. The third kappa shape index (κ3) is 4.83. The summed E-state index contributed by atoms with van der Waals surface area (Å²) in [4.78, 5) is 0. The number of aryl methyl sites for hydroxylation is 1. The lowest BCUT2D eigenvalue weighted by Gasteiger charge is -2.11. The standard InChI is InChI=1S/C16H20Cl2N4OS/c1-10-15(20-16(24)19-6-7-23-3)11(2)22(21-10)9-12-4-5-13(17)14(18)8-12/h4-5,8H,6-7,9H2,1-3H3,(H2,19,20,24). The van der Waals surface area contributed by atoms with Crippen LogP contribution in [0, 0.1) is 13.8 Å². The summed E-state index contributed by atoms with van der Waals surface area (Å²) in [6.45, 7) is 5.79. The van der Waals surface area contributed by atoms with Crippen molar-refractivity contribution in [3.63, 3.8) is 0 Å². The zero-order valence-electron chi connectivity index (χ0n) is 13.8. The molecule has 0 unspecified atom stereocenters. The molecule has 1 aromatic heterocycles. The molecule has 0 aliphatic rings. The van der Waals surface area contributed by atoms with E-state index in [1.54, 1.807) is 13.2 Å². The van der Waals surface area contributed by atoms with Crippen LogP contribution in [0.1, 0.15) is 17.0 Å². The molecule has 0 radical (unpaired) electrons. The summed E-state index contributed by atoms with van der Waals surface area (Å²) in [5.74, 6) is 0. The first kappa shape index (κ1) is 19.0. The largest absolute Gasteiger partial charge is 0.383 e. The highest BCUT2D eigenvalue weighted by Crippen LogP contribution is 2.24. The average Bonchev–Trinajstić information content (AvgIpc) is 2.79. The van der Waals surface area contributed by atoms with Gasteiger partial charge in [-0.15, -0.1) is 0 Å². The second-order valence-electron chi connectivity index (χ2n) is 5.33. The molecule has 0 fully saturated rings. The normalized spacial score (nSPS) is 10.7. The molecule has 0 amide bonds. The number of hydrogen-bond donors (Lipinski definition) is 2. The fourth-order valence-electron chi connectivity index (χ4n) is 2.27. The molecule has 0 saturated heterocycles. The van der Waals surface area contributed by atoms with Crippen molar-refractivity contribution in [2.24, 2.45) is 0 Å². The summed E-state index contributed by atoms with van der Waals surface area (Å²) in [6, 6.07) is 5.58. The number of anilines is 1. The van der Waals surface area contributed by atoms with Crippen LogP contribution in [0.5, 0.6) is 0 Å². The van der Waals surface area contributed by atoms with Crippen LogP contribution in [-0.4, -0.2) is 35.2 Å². The first-order chi connectivity index (χ1) is 11.4. The average molecular weight is 387 g/mol. The van der Waals surface area contributed by atoms with Gasteiger partial charge in [0.25, 0.3) is 0 Å². The molecular weight excluding hydrogens is 367 g/mol. The van der Waals surface area contributed by atoms with E-state index in [0.717, 1.165) is 22.6 Å². The second kappa shape index (κ2) is 8.67. The van der Waals surface area contributed by atoms with E-state index in [1.807, 2.05) is 30.7 Å². The molecule has 0 aliphatic heterocycles. The first-order valence-electron chi connectivity index (χ1n) is 7.44. The molecule has 1 aromatic carbocycles. The predicted molar refractivity (Wildman–Crippen MR) is 103 cm³/mol. The maximum atomic E-state index is 6.08. The minimum Gasteiger partial charge on any atom is -0.383 e. The fraction of sp³-hybridized carbons (Fsp3) is 0.375. The van der Waals surface area contributed by atoms with Crippen molar-refractivity contribution in [1.82, 2.24) is 15.1 Å². The summed E-state index contributed by atoms with van der Waals surface area (Å²) >= 11 is 17.3. The lowest BCUT2D eigenvalue weighted by molar-refractivity contribution is 0.204. The van der Waals surface area contributed by atoms with Crippen molar-refractivity contribution in [2.45, 2.75) is 20.4 Å². The van der Waals surface area contributed by atoms with Crippen molar-refractivity contribution in [3.05, 3.63) is 45.2 Å². The topological polar surface area (TPSA) is 51.1 Å². The molecule has 2 N–H and O–H groups in total. The van der Waals surface area contributed by atoms with Gasteiger partial charge in [-0.25, -0.2) is 0 Å². The maximum Gasteiger partial charge on any atom is 0.170 e. The number of nitrogens with zero attached hydrogens (tertiary/aromatic N) is 2. The molecule has 0 spiro atoms. The van der Waals surface area contributed by atoms with E-state index in [2.05, 4.69) is 15.7 Å². The lowest BCUT2D eigenvalue weighted by atomic mass is 10.2. The Morgan fingerprint density at radius 2 is 2.04 bits per heavy atom. The maximum absolute atomic E-state index is 6.08. The number of aromatic nitrogens is 2. The van der Waals surface area contributed by atoms with Gasteiger partial charge in [-0.05, 0) is 43.8 Å². The Labute approximate surface area is 157 Å². The Hall–Kier alpha value is -1.34. The Morgan fingerprint density at radius 3 is 2.71 bits per heavy atom. The molecule has 0 bridgehead atoms. The van der Waals surface area contributed by atoms with Gasteiger partial charge in [-0.2, -0.15) is 5.10 Å². The molecule has 0 atom stereocenters. The third-order valence-electron chi connectivity index (χ3n) is 3.53. The zero-order chi connectivity index (χ0) is 17.7. The Bertz CT molecular complexity index is 733. The van der Waals surface area contributed by atoms with Gasteiger partial charge in [0.15, 0.2) is 5.11 Å². The number of thiocarbonyl (C=S) groups is 1. The van der Waals surface area contributed by atoms with E-state index in [0.29, 0.717) is 34.9 Å². The Balaban J connectivity index is 2.10. The van der Waals surface area contributed by atoms with Crippen molar-refractivity contribution in [3.8, 4) is 0 Å². The lowest BCUT2D eigenvalue weighted by Crippen LogP contribution is -2.31. The highest BCUT2D eigenvalue weighted by molar-refractivity contribution is 7.80. The van der Waals surface area contributed by atoms with Crippen molar-refractivity contribution in [1.29, 1.82) is 0 Å². The van der Waals surface area contributed by atoms with Crippen molar-refractivity contribution < 1.29 is 4.74 Å². The molecule has 0 saturated carbocycles. The quantitative estimate of drug-likeness (QED) is 0.584. The Kier molecular flexibility index (Phi) is 6.86. The first-order valence-corrected chi connectivity index (χ1v) is 8.60. The second-order valence-corrected chi connectivity index (χ2v) is 6.55. The summed E-state index contributed by atoms with van der Waals surface area (Å²) in [5, 5.41) is 12.5. The van der Waals surface area contributed by atoms with E-state index in [4.69, 9.17) is 40.2 Å². The van der Waals surface area contributed by atoms with Crippen LogP contribution in [0.2, 0.25) is 10.0 Å². The van der Waals surface area contributed by atoms with E-state index < -0.39 is 0 Å². The molecular formula is C16H20Cl2N4OS. The molecule has 1 heterocycles. The number of ether oxygens (including phenoxy) is 1. The predicted octanol–water partition coefficient (Wildman–Crippen LogP) is 3.79. The number of halogens is 2. The molecule has 24 heavy (non-hydrogen) atoms. The number of hydrogen-bond acceptors (Lipinski definition) is 3. The highest BCUT2D eigenvalue weighted by atomic mass is 35.5. The van der Waals surface area contributed by atoms with Crippen molar-refractivity contribution in [2.75, 3.05) is 25.6 Å². The SMILES string of the molecule is COCCNC(=S)Nc1c(C)nn(Cc2ccc(Cl)c(Cl)c2)c1C. The number of nitrogens with one attached hydrogen (secondary N) is 2. The van der Waals surface area contributed by atoms with Crippen LogP contribution in [0.15, 0.2) is 18.2 Å². The molecule has 2 aromatic rings. The minimum absolute atomic E-state index is 0.539. The van der Waals surface area contributed by atoms with Gasteiger partial charge < -0.3 is 15.4 Å². The van der Waals surface area contributed by atoms with Crippen LogP contribution in [0.3, 0.4) is 0 Å². The van der Waals surface area contributed by atoms with Crippen LogP contribution in [-0.2, 0) is 11.3 Å². The van der Waals surface area contributed by atoms with Crippen molar-refractivity contribution >= 4 is 46.2 Å². The fourth-order valence-corrected chi connectivity index (χ4v) is 2.79. The van der Waals surface area contributed by atoms with E-state index in [1.165, 1.54) is 0 Å². The van der Waals surface area contributed by atoms with Crippen LogP contribution < -0.4 is 10.6 Å². The monoisotopic (exact) mass is 386 g/mol. The van der Waals surface area contributed by atoms with Gasteiger partial charge in [-0.3, -0.25) is 4.68 Å². The number of methoxy groups -OCH3 is 1. The van der Waals surface area contributed by atoms with E-state index in [-0.39, 0.29) is 0 Å². The van der Waals surface area contributed by atoms with Gasteiger partial charge in [0.2, 0.25) is 0 Å². The van der Waals surface area contributed by atoms with Gasteiger partial charge in [0.1, 0.15) is 0 Å². The highest BCUT2D eigenvalue weighted by Gasteiger charge is 2.13. The Morgan fingerprint density at radius 1 is 1.29 bits per heavy atom. The van der Waals surface area contributed by atoms with Crippen LogP contribution >= 0.6 is 35.4 Å². The smallest absolute Gasteiger partial charge is 0.170 e. The summed E-state index contributed by atoms with van der Waals surface area (Å²) in [5.41, 5.74) is 3.81. The summed E-state index contributed by atoms with van der Waals surface area (Å²) in [7, 11) is 1.65. The van der Waals surface area contributed by atoms with Gasteiger partial charge in [-0.1, -0.05) is 29.3 Å².